The maximum Gasteiger partial charge on any atom is 0.312 e. The molecule has 27 heavy (non-hydrogen) atoms. The third-order valence-electron chi connectivity index (χ3n) is 3.58. The molecule has 0 aliphatic heterocycles. The number of ketones is 1. The summed E-state index contributed by atoms with van der Waals surface area (Å²) in [6.45, 7) is 1.09. The molecule has 2 aromatic heterocycles. The smallest absolute Gasteiger partial charge is 0.312 e. The van der Waals surface area contributed by atoms with Crippen LogP contribution in [0.25, 0.3) is 10.6 Å². The van der Waals surface area contributed by atoms with Crippen LogP contribution in [0.2, 0.25) is 0 Å². The van der Waals surface area contributed by atoms with Gasteiger partial charge in [-0.3, -0.25) is 14.4 Å². The van der Waals surface area contributed by atoms with E-state index in [1.165, 1.54) is 18.3 Å². The highest BCUT2D eigenvalue weighted by molar-refractivity contribution is 7.14. The van der Waals surface area contributed by atoms with Crippen molar-refractivity contribution in [2.45, 2.75) is 13.3 Å². The highest BCUT2D eigenvalue weighted by Gasteiger charge is 2.12. The van der Waals surface area contributed by atoms with Crippen molar-refractivity contribution < 1.29 is 19.1 Å². The molecule has 0 radical (unpaired) electrons. The maximum atomic E-state index is 11.9. The highest BCUT2D eigenvalue weighted by Crippen LogP contribution is 2.25. The van der Waals surface area contributed by atoms with Crippen LogP contribution >= 0.6 is 22.7 Å². The number of ether oxygens (including phenoxy) is 1. The zero-order valence-corrected chi connectivity index (χ0v) is 16.1. The van der Waals surface area contributed by atoms with Crippen molar-refractivity contribution in [3.8, 4) is 10.6 Å². The Morgan fingerprint density at radius 1 is 1.11 bits per heavy atom. The first-order valence-electron chi connectivity index (χ1n) is 8.05. The Morgan fingerprint density at radius 3 is 2.56 bits per heavy atom. The zero-order chi connectivity index (χ0) is 19.2. The van der Waals surface area contributed by atoms with Crippen LogP contribution in [0.15, 0.2) is 46.5 Å². The fraction of sp³-hybridized carbons (Fsp3) is 0.158. The van der Waals surface area contributed by atoms with Gasteiger partial charge in [0.25, 0.3) is 5.91 Å². The molecule has 0 unspecified atom stereocenters. The molecule has 6 nitrogen and oxygen atoms in total. The van der Waals surface area contributed by atoms with Crippen LogP contribution in [0.1, 0.15) is 23.0 Å². The van der Waals surface area contributed by atoms with Crippen molar-refractivity contribution in [3.05, 3.63) is 57.7 Å². The molecule has 0 bridgehead atoms. The molecule has 0 saturated heterocycles. The number of rotatable bonds is 7. The number of hydrogen-bond donors (Lipinski definition) is 1. The second-order valence-corrected chi connectivity index (χ2v) is 7.31. The van der Waals surface area contributed by atoms with Crippen molar-refractivity contribution >= 4 is 46.0 Å². The lowest BCUT2D eigenvalue weighted by atomic mass is 10.1. The summed E-state index contributed by atoms with van der Waals surface area (Å²) in [4.78, 5) is 39.4. The minimum Gasteiger partial charge on any atom is -0.455 e. The van der Waals surface area contributed by atoms with Crippen LogP contribution in [-0.2, 0) is 20.7 Å². The van der Waals surface area contributed by atoms with E-state index in [4.69, 9.17) is 4.74 Å². The van der Waals surface area contributed by atoms with E-state index in [0.717, 1.165) is 10.6 Å². The monoisotopic (exact) mass is 400 g/mol. The van der Waals surface area contributed by atoms with E-state index in [2.05, 4.69) is 10.3 Å². The summed E-state index contributed by atoms with van der Waals surface area (Å²) >= 11 is 3.05. The first kappa shape index (κ1) is 18.9. The highest BCUT2D eigenvalue weighted by atomic mass is 32.1. The van der Waals surface area contributed by atoms with Gasteiger partial charge in [0.2, 0.25) is 0 Å². The van der Waals surface area contributed by atoms with E-state index in [1.807, 2.05) is 22.2 Å². The number of nitrogens with one attached hydrogen (secondary N) is 1. The number of thiophene rings is 1. The number of anilines is 1. The van der Waals surface area contributed by atoms with Crippen LogP contribution in [0.5, 0.6) is 0 Å². The van der Waals surface area contributed by atoms with E-state index in [-0.39, 0.29) is 18.8 Å². The van der Waals surface area contributed by atoms with Gasteiger partial charge in [-0.1, -0.05) is 0 Å². The number of carbonyl (C=O) groups is 3. The molecule has 0 fully saturated rings. The Morgan fingerprint density at radius 2 is 1.89 bits per heavy atom. The number of thiazole rings is 1. The Kier molecular flexibility index (Phi) is 6.10. The summed E-state index contributed by atoms with van der Waals surface area (Å²) in [7, 11) is 0. The average molecular weight is 400 g/mol. The molecule has 0 saturated carbocycles. The van der Waals surface area contributed by atoms with Crippen molar-refractivity contribution in [1.29, 1.82) is 0 Å². The number of Topliss-reactive ketones (excluding diaryl/α,β-unsaturated/α-hetero) is 1. The number of aromatic nitrogens is 1. The van der Waals surface area contributed by atoms with Gasteiger partial charge in [0.1, 0.15) is 5.01 Å². The molecular formula is C19H16N2O4S2. The Hall–Kier alpha value is -2.84. The molecule has 8 heteroatoms. The molecule has 3 aromatic rings. The van der Waals surface area contributed by atoms with Crippen LogP contribution < -0.4 is 5.32 Å². The Labute approximate surface area is 163 Å². The third kappa shape index (κ3) is 5.32. The van der Waals surface area contributed by atoms with E-state index < -0.39 is 11.9 Å². The van der Waals surface area contributed by atoms with Crippen LogP contribution in [0.4, 0.5) is 5.69 Å². The number of amides is 1. The SMILES string of the molecule is CC(=O)c1ccc(NC(=O)COC(=O)Cc2csc(-c3ccsc3)n2)cc1. The summed E-state index contributed by atoms with van der Waals surface area (Å²) in [5.74, 6) is -1.01. The molecule has 1 N–H and O–H groups in total. The van der Waals surface area contributed by atoms with Gasteiger partial charge in [0, 0.05) is 27.6 Å². The zero-order valence-electron chi connectivity index (χ0n) is 14.4. The minimum atomic E-state index is -0.515. The topological polar surface area (TPSA) is 85.4 Å². The van der Waals surface area contributed by atoms with E-state index in [1.54, 1.807) is 35.6 Å². The lowest BCUT2D eigenvalue weighted by molar-refractivity contribution is -0.146. The van der Waals surface area contributed by atoms with Crippen molar-refractivity contribution in [2.75, 3.05) is 11.9 Å². The molecule has 0 aliphatic rings. The second-order valence-electron chi connectivity index (χ2n) is 5.68. The number of nitrogens with zero attached hydrogens (tertiary/aromatic N) is 1. The summed E-state index contributed by atoms with van der Waals surface area (Å²) in [6, 6.07) is 8.46. The molecule has 138 valence electrons. The molecule has 1 amide bonds. The summed E-state index contributed by atoms with van der Waals surface area (Å²) in [6.07, 6.45) is 0.0151. The lowest BCUT2D eigenvalue weighted by Gasteiger charge is -2.06. The molecule has 3 rings (SSSR count). The average Bonchev–Trinajstić information content (AvgIpc) is 3.32. The lowest BCUT2D eigenvalue weighted by Crippen LogP contribution is -2.21. The largest absolute Gasteiger partial charge is 0.455 e. The first-order valence-corrected chi connectivity index (χ1v) is 9.87. The van der Waals surface area contributed by atoms with Crippen molar-refractivity contribution in [2.24, 2.45) is 0 Å². The van der Waals surface area contributed by atoms with Gasteiger partial charge in [-0.05, 0) is 42.6 Å². The number of hydrogen-bond acceptors (Lipinski definition) is 7. The number of benzene rings is 1. The second kappa shape index (κ2) is 8.70. The van der Waals surface area contributed by atoms with Gasteiger partial charge in [0.05, 0.1) is 12.1 Å². The fourth-order valence-electron chi connectivity index (χ4n) is 2.24. The van der Waals surface area contributed by atoms with Crippen molar-refractivity contribution in [1.82, 2.24) is 4.98 Å². The van der Waals surface area contributed by atoms with Gasteiger partial charge in [0.15, 0.2) is 12.4 Å². The first-order chi connectivity index (χ1) is 13.0. The Balaban J connectivity index is 1.46. The molecule has 0 spiro atoms. The Bertz CT molecular complexity index is 947. The predicted octanol–water partition coefficient (Wildman–Crippen LogP) is 3.80. The molecule has 0 aliphatic carbocycles. The van der Waals surface area contributed by atoms with Crippen LogP contribution in [-0.4, -0.2) is 29.3 Å². The molecular weight excluding hydrogens is 384 g/mol. The normalized spacial score (nSPS) is 10.4. The summed E-state index contributed by atoms with van der Waals surface area (Å²) in [5.41, 5.74) is 2.73. The maximum absolute atomic E-state index is 11.9. The number of carbonyl (C=O) groups excluding carboxylic acids is 3. The quantitative estimate of drug-likeness (QED) is 0.482. The van der Waals surface area contributed by atoms with Gasteiger partial charge in [-0.25, -0.2) is 4.98 Å². The van der Waals surface area contributed by atoms with Crippen LogP contribution in [0.3, 0.4) is 0 Å². The fourth-order valence-corrected chi connectivity index (χ4v) is 3.77. The molecule has 1 aromatic carbocycles. The van der Waals surface area contributed by atoms with Gasteiger partial charge in [-0.15, -0.1) is 11.3 Å². The summed E-state index contributed by atoms with van der Waals surface area (Å²) < 4.78 is 5.00. The molecule has 2 heterocycles. The van der Waals surface area contributed by atoms with Crippen molar-refractivity contribution in [3.63, 3.8) is 0 Å². The summed E-state index contributed by atoms with van der Waals surface area (Å²) in [5, 5.41) is 9.24. The van der Waals surface area contributed by atoms with Gasteiger partial charge < -0.3 is 10.1 Å². The standard InChI is InChI=1S/C19H16N2O4S2/c1-12(22)13-2-4-15(5-3-13)20-17(23)9-25-18(24)8-16-11-27-19(21-16)14-6-7-26-10-14/h2-7,10-11H,8-9H2,1H3,(H,20,23). The van der Waals surface area contributed by atoms with E-state index in [9.17, 15) is 14.4 Å². The minimum absolute atomic E-state index is 0.0151. The number of esters is 1. The van der Waals surface area contributed by atoms with Gasteiger partial charge >= 0.3 is 5.97 Å². The predicted molar refractivity (Wildman–Crippen MR) is 105 cm³/mol. The van der Waals surface area contributed by atoms with E-state index >= 15 is 0 Å². The van der Waals surface area contributed by atoms with Crippen LogP contribution in [0, 0.1) is 0 Å². The van der Waals surface area contributed by atoms with Gasteiger partial charge in [-0.2, -0.15) is 11.3 Å². The third-order valence-corrected chi connectivity index (χ3v) is 5.21. The molecule has 0 atom stereocenters. The van der Waals surface area contributed by atoms with E-state index in [0.29, 0.717) is 16.9 Å².